The minimum Gasteiger partial charge on any atom is -0.377 e. The third-order valence-electron chi connectivity index (χ3n) is 5.95. The second-order valence-corrected chi connectivity index (χ2v) is 8.01. The summed E-state index contributed by atoms with van der Waals surface area (Å²) in [5.74, 6) is 0.503. The average Bonchev–Trinajstić information content (AvgIpc) is 2.68. The molecule has 7 nitrogen and oxygen atoms in total. The second kappa shape index (κ2) is 8.14. The molecule has 2 saturated heterocycles. The zero-order valence-electron chi connectivity index (χ0n) is 16.5. The van der Waals surface area contributed by atoms with Crippen LogP contribution in [0.1, 0.15) is 32.6 Å². The van der Waals surface area contributed by atoms with Crippen LogP contribution in [0.5, 0.6) is 0 Å². The van der Waals surface area contributed by atoms with Gasteiger partial charge in [0.15, 0.2) is 0 Å². The van der Waals surface area contributed by atoms with Crippen molar-refractivity contribution in [2.45, 2.75) is 63.5 Å². The van der Waals surface area contributed by atoms with Crippen molar-refractivity contribution in [3.8, 4) is 0 Å². The number of aromatic nitrogens is 2. The van der Waals surface area contributed by atoms with Gasteiger partial charge in [-0.15, -0.1) is 0 Å². The maximum absolute atomic E-state index is 13.8. The van der Waals surface area contributed by atoms with E-state index < -0.39 is 12.2 Å². The molecule has 4 heterocycles. The predicted octanol–water partition coefficient (Wildman–Crippen LogP) is 2.18. The number of morpholine rings is 1. The lowest BCUT2D eigenvalue weighted by Crippen LogP contribution is -2.55. The van der Waals surface area contributed by atoms with Crippen molar-refractivity contribution in [2.24, 2.45) is 0 Å². The number of nitrogens with zero attached hydrogens (tertiary/aromatic N) is 4. The molecule has 3 atom stereocenters. The maximum atomic E-state index is 13.8. The van der Waals surface area contributed by atoms with E-state index in [-0.39, 0.29) is 43.2 Å². The van der Waals surface area contributed by atoms with E-state index in [9.17, 15) is 18.0 Å². The number of rotatable bonds is 3. The summed E-state index contributed by atoms with van der Waals surface area (Å²) < 4.78 is 54.0. The number of fused-ring (bicyclic) bond motifs is 1. The van der Waals surface area contributed by atoms with E-state index in [4.69, 9.17) is 9.47 Å². The van der Waals surface area contributed by atoms with Gasteiger partial charge >= 0.3 is 6.18 Å². The molecule has 29 heavy (non-hydrogen) atoms. The minimum atomic E-state index is -4.40. The summed E-state index contributed by atoms with van der Waals surface area (Å²) in [6.45, 7) is 4.13. The Morgan fingerprint density at radius 3 is 2.72 bits per heavy atom. The zero-order valence-corrected chi connectivity index (χ0v) is 16.5. The van der Waals surface area contributed by atoms with Crippen LogP contribution in [0.25, 0.3) is 0 Å². The molecule has 3 aliphatic rings. The number of halogens is 3. The van der Waals surface area contributed by atoms with Crippen LogP contribution in [0.2, 0.25) is 0 Å². The molecule has 0 spiro atoms. The number of alkyl halides is 3. The quantitative estimate of drug-likeness (QED) is 0.753. The number of anilines is 2. The number of hydrogen-bond acceptors (Lipinski definition) is 6. The summed E-state index contributed by atoms with van der Waals surface area (Å²) >= 11 is 0. The summed E-state index contributed by atoms with van der Waals surface area (Å²) in [6, 6.07) is -0.248. The minimum absolute atomic E-state index is 0.00386. The van der Waals surface area contributed by atoms with Gasteiger partial charge in [-0.3, -0.25) is 9.36 Å². The van der Waals surface area contributed by atoms with Crippen LogP contribution in [-0.4, -0.2) is 66.8 Å². The molecule has 0 amide bonds. The van der Waals surface area contributed by atoms with Crippen LogP contribution in [0, 0.1) is 0 Å². The molecule has 1 unspecified atom stereocenters. The molecular formula is C19H27F3N4O3. The molecule has 0 N–H and O–H groups in total. The number of hydrogen-bond donors (Lipinski definition) is 0. The van der Waals surface area contributed by atoms with Crippen molar-refractivity contribution in [3.05, 3.63) is 16.4 Å². The van der Waals surface area contributed by atoms with E-state index in [0.717, 1.165) is 12.8 Å². The summed E-state index contributed by atoms with van der Waals surface area (Å²) in [4.78, 5) is 20.5. The fraction of sp³-hybridized carbons (Fsp3) is 0.789. The third-order valence-corrected chi connectivity index (χ3v) is 5.95. The summed E-state index contributed by atoms with van der Waals surface area (Å²) in [5.41, 5.74) is -0.320. The Hall–Kier alpha value is -1.81. The van der Waals surface area contributed by atoms with E-state index in [1.54, 1.807) is 0 Å². The average molecular weight is 416 g/mol. The van der Waals surface area contributed by atoms with Crippen molar-refractivity contribution in [1.82, 2.24) is 9.55 Å². The fourth-order valence-corrected chi connectivity index (χ4v) is 4.39. The van der Waals surface area contributed by atoms with Gasteiger partial charge in [-0.05, 0) is 32.6 Å². The van der Waals surface area contributed by atoms with Crippen LogP contribution in [-0.2, 0) is 16.0 Å². The Labute approximate surface area is 167 Å². The van der Waals surface area contributed by atoms with Gasteiger partial charge in [-0.25, -0.2) is 0 Å². The van der Waals surface area contributed by atoms with Gasteiger partial charge < -0.3 is 19.3 Å². The highest BCUT2D eigenvalue weighted by atomic mass is 19.4. The molecular weight excluding hydrogens is 389 g/mol. The van der Waals surface area contributed by atoms with Crippen molar-refractivity contribution in [2.75, 3.05) is 42.7 Å². The second-order valence-electron chi connectivity index (χ2n) is 8.01. The molecule has 0 bridgehead atoms. The highest BCUT2D eigenvalue weighted by molar-refractivity contribution is 5.47. The predicted molar refractivity (Wildman–Crippen MR) is 102 cm³/mol. The van der Waals surface area contributed by atoms with Gasteiger partial charge in [0, 0.05) is 32.3 Å². The van der Waals surface area contributed by atoms with E-state index in [1.165, 1.54) is 15.5 Å². The van der Waals surface area contributed by atoms with E-state index in [0.29, 0.717) is 38.6 Å². The van der Waals surface area contributed by atoms with Crippen molar-refractivity contribution >= 4 is 11.8 Å². The Morgan fingerprint density at radius 2 is 2.03 bits per heavy atom. The molecule has 3 aliphatic heterocycles. The van der Waals surface area contributed by atoms with Crippen LogP contribution in [0.4, 0.5) is 24.9 Å². The van der Waals surface area contributed by atoms with Gasteiger partial charge in [0.1, 0.15) is 11.9 Å². The fourth-order valence-electron chi connectivity index (χ4n) is 4.39. The van der Waals surface area contributed by atoms with E-state index >= 15 is 0 Å². The molecule has 0 aliphatic carbocycles. The van der Waals surface area contributed by atoms with Gasteiger partial charge in [0.2, 0.25) is 5.95 Å². The molecule has 162 valence electrons. The highest BCUT2D eigenvalue weighted by Gasteiger charge is 2.47. The maximum Gasteiger partial charge on any atom is 0.408 e. The molecule has 4 rings (SSSR count). The normalized spacial score (nSPS) is 28.3. The van der Waals surface area contributed by atoms with E-state index in [2.05, 4.69) is 4.98 Å². The Bertz CT molecular complexity index is 779. The Balaban J connectivity index is 1.72. The summed E-state index contributed by atoms with van der Waals surface area (Å²) in [7, 11) is 0. The van der Waals surface area contributed by atoms with Gasteiger partial charge in [-0.1, -0.05) is 0 Å². The smallest absolute Gasteiger partial charge is 0.377 e. The molecule has 10 heteroatoms. The first-order valence-corrected chi connectivity index (χ1v) is 10.3. The third kappa shape index (κ3) is 4.23. The molecule has 1 aromatic heterocycles. The first-order valence-electron chi connectivity index (χ1n) is 10.3. The van der Waals surface area contributed by atoms with Gasteiger partial charge in [0.25, 0.3) is 5.56 Å². The van der Waals surface area contributed by atoms with Crippen molar-refractivity contribution < 1.29 is 22.6 Å². The lowest BCUT2D eigenvalue weighted by atomic mass is 10.1. The standard InChI is InChI=1S/C19H27F3N4O3/c1-13-12-28-9-7-24(13)16-10-17(27)25-6-5-15(19(20,21)22)26(18(25)23-16)11-14-4-2-3-8-29-14/h10,13-15H,2-9,11-12H2,1H3/t13-,14+,15?/m1/s1. The zero-order chi connectivity index (χ0) is 20.6. The van der Waals surface area contributed by atoms with Crippen LogP contribution in [0.3, 0.4) is 0 Å². The summed E-state index contributed by atoms with van der Waals surface area (Å²) in [5, 5.41) is 0. The van der Waals surface area contributed by atoms with Crippen LogP contribution in [0.15, 0.2) is 10.9 Å². The molecule has 2 fully saturated rings. The van der Waals surface area contributed by atoms with Crippen LogP contribution < -0.4 is 15.4 Å². The summed E-state index contributed by atoms with van der Waals surface area (Å²) in [6.07, 6.45) is -2.29. The highest BCUT2D eigenvalue weighted by Crippen LogP contribution is 2.35. The molecule has 0 radical (unpaired) electrons. The largest absolute Gasteiger partial charge is 0.408 e. The molecule has 1 aromatic rings. The van der Waals surface area contributed by atoms with Crippen molar-refractivity contribution in [1.29, 1.82) is 0 Å². The first kappa shape index (κ1) is 20.5. The molecule has 0 saturated carbocycles. The first-order chi connectivity index (χ1) is 13.8. The van der Waals surface area contributed by atoms with Gasteiger partial charge in [-0.2, -0.15) is 18.2 Å². The van der Waals surface area contributed by atoms with E-state index in [1.807, 2.05) is 11.8 Å². The van der Waals surface area contributed by atoms with Gasteiger partial charge in [0.05, 0.1) is 25.4 Å². The SMILES string of the molecule is C[C@@H]1COCCN1c1cc(=O)n2c(n1)N(C[C@@H]1CCCCO1)C(C(F)(F)F)CC2. The lowest BCUT2D eigenvalue weighted by Gasteiger charge is -2.42. The van der Waals surface area contributed by atoms with Crippen molar-refractivity contribution in [3.63, 3.8) is 0 Å². The Kier molecular flexibility index (Phi) is 5.74. The van der Waals surface area contributed by atoms with Crippen LogP contribution >= 0.6 is 0 Å². The lowest BCUT2D eigenvalue weighted by molar-refractivity contribution is -0.154. The number of ether oxygens (including phenoxy) is 2. The molecule has 0 aromatic carbocycles. The monoisotopic (exact) mass is 416 g/mol. The topological polar surface area (TPSA) is 59.8 Å². The Morgan fingerprint density at radius 1 is 1.21 bits per heavy atom.